The summed E-state index contributed by atoms with van der Waals surface area (Å²) in [6.07, 6.45) is 0. The number of benzene rings is 5. The summed E-state index contributed by atoms with van der Waals surface area (Å²) < 4.78 is 3.24. The molecule has 3 heterocycles. The van der Waals surface area contributed by atoms with Crippen LogP contribution in [0, 0.1) is 0 Å². The fraction of sp³-hybridized carbons (Fsp3) is 0. The van der Waals surface area contributed by atoms with Crippen LogP contribution in [0.25, 0.3) is 71.9 Å². The van der Waals surface area contributed by atoms with E-state index in [0.717, 1.165) is 54.3 Å². The standard InChI is InChI=1S/C34H21N5S/c1-2-10-22(11-3-1)23-12-8-13-24(20-23)32-36-33(27-16-9-19-30-31(27)35-21-40-30)38-34(37-32)39-28-17-6-4-14-25(28)26-15-5-7-18-29(26)39/h1-21H. The SMILES string of the molecule is c1ccc(-c2cccc(-c3nc(-c4cccc5scnc45)nc(-n4c5ccccc5c5ccccc54)n3)c2)cc1. The van der Waals surface area contributed by atoms with E-state index in [9.17, 15) is 0 Å². The Morgan fingerprint density at radius 1 is 0.525 bits per heavy atom. The third kappa shape index (κ3) is 3.69. The molecule has 0 saturated heterocycles. The van der Waals surface area contributed by atoms with Crippen molar-refractivity contribution < 1.29 is 0 Å². The van der Waals surface area contributed by atoms with Gasteiger partial charge in [0.2, 0.25) is 5.95 Å². The van der Waals surface area contributed by atoms with Gasteiger partial charge >= 0.3 is 0 Å². The molecule has 0 spiro atoms. The van der Waals surface area contributed by atoms with Gasteiger partial charge in [0.05, 0.1) is 26.8 Å². The predicted octanol–water partition coefficient (Wildman–Crippen LogP) is 8.58. The van der Waals surface area contributed by atoms with E-state index in [1.54, 1.807) is 11.3 Å². The molecule has 0 amide bonds. The monoisotopic (exact) mass is 531 g/mol. The lowest BCUT2D eigenvalue weighted by molar-refractivity contribution is 0.954. The van der Waals surface area contributed by atoms with Crippen LogP contribution < -0.4 is 0 Å². The lowest BCUT2D eigenvalue weighted by Gasteiger charge is -2.12. The highest BCUT2D eigenvalue weighted by atomic mass is 32.1. The van der Waals surface area contributed by atoms with Crippen molar-refractivity contribution in [3.63, 3.8) is 0 Å². The molecule has 0 bridgehead atoms. The molecule has 0 fully saturated rings. The maximum Gasteiger partial charge on any atom is 0.238 e. The Hall–Kier alpha value is -5.20. The first kappa shape index (κ1) is 22.8. The van der Waals surface area contributed by atoms with E-state index in [1.165, 1.54) is 0 Å². The summed E-state index contributed by atoms with van der Waals surface area (Å²) in [5, 5.41) is 2.32. The molecule has 5 nitrogen and oxygen atoms in total. The molecular weight excluding hydrogens is 510 g/mol. The molecular formula is C34H21N5S. The molecule has 0 atom stereocenters. The van der Waals surface area contributed by atoms with Crippen LogP contribution in [0.15, 0.2) is 127 Å². The van der Waals surface area contributed by atoms with E-state index in [0.29, 0.717) is 17.6 Å². The minimum atomic E-state index is 0.578. The zero-order chi connectivity index (χ0) is 26.5. The third-order valence-corrected chi connectivity index (χ3v) is 8.03. The van der Waals surface area contributed by atoms with Crippen LogP contribution in [0.1, 0.15) is 0 Å². The summed E-state index contributed by atoms with van der Waals surface area (Å²) >= 11 is 1.61. The predicted molar refractivity (Wildman–Crippen MR) is 164 cm³/mol. The van der Waals surface area contributed by atoms with Gasteiger partial charge in [0, 0.05) is 21.9 Å². The fourth-order valence-electron chi connectivity index (χ4n) is 5.39. The van der Waals surface area contributed by atoms with Crippen LogP contribution in [0.5, 0.6) is 0 Å². The van der Waals surface area contributed by atoms with E-state index in [4.69, 9.17) is 15.0 Å². The number of aromatic nitrogens is 5. The van der Waals surface area contributed by atoms with E-state index in [-0.39, 0.29) is 0 Å². The van der Waals surface area contributed by atoms with Crippen molar-refractivity contribution in [2.24, 2.45) is 0 Å². The molecule has 8 aromatic rings. The minimum absolute atomic E-state index is 0.578. The van der Waals surface area contributed by atoms with Gasteiger partial charge in [-0.3, -0.25) is 4.57 Å². The second-order valence-electron chi connectivity index (χ2n) is 9.60. The fourth-order valence-corrected chi connectivity index (χ4v) is 6.09. The van der Waals surface area contributed by atoms with Crippen LogP contribution in [-0.2, 0) is 0 Å². The summed E-state index contributed by atoms with van der Waals surface area (Å²) in [7, 11) is 0. The van der Waals surface area contributed by atoms with Crippen molar-refractivity contribution in [1.82, 2.24) is 24.5 Å². The van der Waals surface area contributed by atoms with Crippen LogP contribution in [0.2, 0.25) is 0 Å². The van der Waals surface area contributed by atoms with Crippen molar-refractivity contribution in [2.75, 3.05) is 0 Å². The second kappa shape index (κ2) is 9.22. The van der Waals surface area contributed by atoms with Crippen molar-refractivity contribution >= 4 is 43.4 Å². The number of nitrogens with zero attached hydrogens (tertiary/aromatic N) is 5. The Morgan fingerprint density at radius 2 is 1.18 bits per heavy atom. The van der Waals surface area contributed by atoms with E-state index >= 15 is 0 Å². The Labute approximate surface area is 234 Å². The normalized spacial score (nSPS) is 11.5. The van der Waals surface area contributed by atoms with Gasteiger partial charge in [-0.25, -0.2) is 9.97 Å². The molecule has 6 heteroatoms. The maximum absolute atomic E-state index is 5.10. The van der Waals surface area contributed by atoms with Gasteiger partial charge in [-0.05, 0) is 41.5 Å². The highest BCUT2D eigenvalue weighted by Crippen LogP contribution is 2.34. The minimum Gasteiger partial charge on any atom is -0.278 e. The van der Waals surface area contributed by atoms with Gasteiger partial charge in [-0.2, -0.15) is 9.97 Å². The quantitative estimate of drug-likeness (QED) is 0.228. The summed E-state index contributed by atoms with van der Waals surface area (Å²) in [4.78, 5) is 19.9. The molecule has 0 N–H and O–H groups in total. The van der Waals surface area contributed by atoms with Crippen molar-refractivity contribution in [3.05, 3.63) is 127 Å². The number of fused-ring (bicyclic) bond motifs is 4. The summed E-state index contributed by atoms with van der Waals surface area (Å²) in [6, 6.07) is 41.7. The largest absolute Gasteiger partial charge is 0.278 e. The molecule has 0 aliphatic rings. The van der Waals surface area contributed by atoms with Gasteiger partial charge in [0.25, 0.3) is 0 Å². The Balaban J connectivity index is 1.42. The maximum atomic E-state index is 5.10. The highest BCUT2D eigenvalue weighted by Gasteiger charge is 2.19. The molecule has 0 aliphatic carbocycles. The van der Waals surface area contributed by atoms with Gasteiger partial charge < -0.3 is 0 Å². The number of para-hydroxylation sites is 3. The zero-order valence-corrected chi connectivity index (χ0v) is 22.1. The summed E-state index contributed by atoms with van der Waals surface area (Å²) in [5.41, 5.74) is 8.95. The molecule has 8 rings (SSSR count). The van der Waals surface area contributed by atoms with Gasteiger partial charge in [-0.15, -0.1) is 11.3 Å². The van der Waals surface area contributed by atoms with Crippen LogP contribution in [0.4, 0.5) is 0 Å². The molecule has 0 unspecified atom stereocenters. The van der Waals surface area contributed by atoms with Crippen molar-refractivity contribution in [1.29, 1.82) is 0 Å². The van der Waals surface area contributed by atoms with E-state index in [2.05, 4.69) is 113 Å². The third-order valence-electron chi connectivity index (χ3n) is 7.23. The number of thiazole rings is 1. The molecule has 0 saturated carbocycles. The summed E-state index contributed by atoms with van der Waals surface area (Å²) in [5.74, 6) is 1.80. The second-order valence-corrected chi connectivity index (χ2v) is 10.5. The molecule has 188 valence electrons. The van der Waals surface area contributed by atoms with Crippen molar-refractivity contribution in [3.8, 4) is 39.9 Å². The molecule has 0 aliphatic heterocycles. The Bertz CT molecular complexity index is 2130. The lowest BCUT2D eigenvalue weighted by Crippen LogP contribution is -2.06. The number of rotatable bonds is 4. The lowest BCUT2D eigenvalue weighted by atomic mass is 10.0. The number of hydrogen-bond donors (Lipinski definition) is 0. The molecule has 0 radical (unpaired) electrons. The van der Waals surface area contributed by atoms with Crippen molar-refractivity contribution in [2.45, 2.75) is 0 Å². The zero-order valence-electron chi connectivity index (χ0n) is 21.3. The summed E-state index contributed by atoms with van der Waals surface area (Å²) in [6.45, 7) is 0. The van der Waals surface area contributed by atoms with E-state index in [1.807, 2.05) is 23.7 Å². The van der Waals surface area contributed by atoms with Gasteiger partial charge in [0.15, 0.2) is 11.6 Å². The van der Waals surface area contributed by atoms with Gasteiger partial charge in [-0.1, -0.05) is 91.0 Å². The average molecular weight is 532 g/mol. The topological polar surface area (TPSA) is 56.5 Å². The smallest absolute Gasteiger partial charge is 0.238 e. The van der Waals surface area contributed by atoms with E-state index < -0.39 is 0 Å². The molecule has 5 aromatic carbocycles. The highest BCUT2D eigenvalue weighted by molar-refractivity contribution is 7.16. The Kier molecular flexibility index (Phi) is 5.24. The number of hydrogen-bond acceptors (Lipinski definition) is 5. The van der Waals surface area contributed by atoms with Gasteiger partial charge in [0.1, 0.15) is 0 Å². The van der Waals surface area contributed by atoms with Crippen LogP contribution >= 0.6 is 11.3 Å². The molecule has 40 heavy (non-hydrogen) atoms. The van der Waals surface area contributed by atoms with Crippen LogP contribution in [-0.4, -0.2) is 24.5 Å². The molecule has 3 aromatic heterocycles. The first-order valence-electron chi connectivity index (χ1n) is 13.1. The average Bonchev–Trinajstić information content (AvgIpc) is 3.64. The first-order chi connectivity index (χ1) is 19.8. The first-order valence-corrected chi connectivity index (χ1v) is 13.9. The Morgan fingerprint density at radius 3 is 1.98 bits per heavy atom. The van der Waals surface area contributed by atoms with Crippen LogP contribution in [0.3, 0.4) is 0 Å².